The molecule has 0 aromatic heterocycles. The second-order valence-electron chi connectivity index (χ2n) is 0.944. The van der Waals surface area contributed by atoms with Crippen molar-refractivity contribution in [2.75, 3.05) is 6.16 Å². The lowest BCUT2D eigenvalue weighted by atomic mass is 10.6. The van der Waals surface area contributed by atoms with Crippen LogP contribution >= 0.6 is 7.36 Å². The van der Waals surface area contributed by atoms with E-state index in [0.717, 1.165) is 16.9 Å². The maximum atomic E-state index is 6.61. The molecule has 0 spiro atoms. The van der Waals surface area contributed by atoms with Crippen molar-refractivity contribution in [1.29, 1.82) is 4.78 Å². The third-order valence-electron chi connectivity index (χ3n) is 0.379. The van der Waals surface area contributed by atoms with E-state index in [9.17, 15) is 0 Å². The summed E-state index contributed by atoms with van der Waals surface area (Å²) < 4.78 is 6.61. The summed E-state index contributed by atoms with van der Waals surface area (Å²) in [5.41, 5.74) is 0. The van der Waals surface area contributed by atoms with E-state index in [1.165, 1.54) is 13.8 Å². The molecule has 0 saturated heterocycles. The molecule has 0 amide bonds. The Morgan fingerprint density at radius 3 is 2.67 bits per heavy atom. The van der Waals surface area contributed by atoms with Gasteiger partial charge in [0.2, 0.25) is 0 Å². The number of hydrogen-bond acceptors (Lipinski definition) is 1. The van der Waals surface area contributed by atoms with Gasteiger partial charge in [0.25, 0.3) is 0 Å². The Morgan fingerprint density at radius 2 is 2.50 bits per heavy atom. The van der Waals surface area contributed by atoms with E-state index in [2.05, 4.69) is 6.92 Å². The van der Waals surface area contributed by atoms with E-state index in [1.807, 2.05) is 0 Å². The summed E-state index contributed by atoms with van der Waals surface area (Å²) in [6, 6.07) is 0. The van der Waals surface area contributed by atoms with E-state index >= 15 is 0 Å². The average molecular weight is 121 g/mol. The first-order valence-corrected chi connectivity index (χ1v) is 4.41. The third kappa shape index (κ3) is 4.32. The highest BCUT2D eigenvalue weighted by Crippen LogP contribution is 1.93. The predicted octanol–water partition coefficient (Wildman–Crippen LogP) is 2.10. The van der Waals surface area contributed by atoms with Crippen LogP contribution < -0.4 is 0 Å². The summed E-state index contributed by atoms with van der Waals surface area (Å²) in [4.78, 5) is 0. The van der Waals surface area contributed by atoms with Gasteiger partial charge < -0.3 is 0 Å². The third-order valence-corrected chi connectivity index (χ3v) is 2.07. The van der Waals surface area contributed by atoms with Crippen LogP contribution in [0.15, 0.2) is 0 Å². The average Bonchev–Trinajstić information content (AvgIpc) is 1.61. The first-order chi connectivity index (χ1) is 2.91. The van der Waals surface area contributed by atoms with Crippen molar-refractivity contribution in [1.82, 2.24) is 0 Å². The molecule has 0 unspecified atom stereocenters. The Bertz CT molecular complexity index is 67.2. The quantitative estimate of drug-likeness (QED) is 0.541. The lowest BCUT2D eigenvalue weighted by Gasteiger charge is -1.71. The molecule has 0 aliphatic rings. The molecule has 6 heavy (non-hydrogen) atoms. The smallest absolute Gasteiger partial charge is 0.000238 e. The molecule has 0 heterocycles. The SMILES string of the molecule is CCCP=S=N. The van der Waals surface area contributed by atoms with Gasteiger partial charge in [-0.25, -0.2) is 4.78 Å². The van der Waals surface area contributed by atoms with Crippen molar-refractivity contribution >= 4 is 18.1 Å². The molecule has 0 aromatic rings. The zero-order chi connectivity index (χ0) is 4.83. The monoisotopic (exact) mass is 121 g/mol. The number of hydrogen-bond donors (Lipinski definition) is 1. The zero-order valence-corrected chi connectivity index (χ0v) is 5.48. The number of nitrogens with one attached hydrogen (secondary N) is 1. The Balaban J connectivity index is 2.86. The van der Waals surface area contributed by atoms with E-state index in [0.29, 0.717) is 0 Å². The van der Waals surface area contributed by atoms with Gasteiger partial charge in [0, 0.05) is 6.16 Å². The van der Waals surface area contributed by atoms with Gasteiger partial charge in [0.15, 0.2) is 0 Å². The lowest BCUT2D eigenvalue weighted by Crippen LogP contribution is -1.57. The number of rotatable bonds is 2. The summed E-state index contributed by atoms with van der Waals surface area (Å²) in [5.74, 6) is 0. The highest BCUT2D eigenvalue weighted by Gasteiger charge is 1.66. The fraction of sp³-hybridized carbons (Fsp3) is 1.00. The molecule has 0 aliphatic carbocycles. The summed E-state index contributed by atoms with van der Waals surface area (Å²) in [7, 11) is 2.34. The Morgan fingerprint density at radius 1 is 1.83 bits per heavy atom. The highest BCUT2D eigenvalue weighted by atomic mass is 32.4. The van der Waals surface area contributed by atoms with Crippen LogP contribution in [0.2, 0.25) is 0 Å². The largest absolute Gasteiger partial charge is 0.242 e. The van der Waals surface area contributed by atoms with Crippen molar-refractivity contribution in [3.63, 3.8) is 0 Å². The molecule has 0 saturated carbocycles. The van der Waals surface area contributed by atoms with Crippen LogP contribution in [0, 0.1) is 4.78 Å². The second kappa shape index (κ2) is 5.32. The Kier molecular flexibility index (Phi) is 5.60. The standard InChI is InChI=1S/C3H8NPS/c1-2-3-5-6-4/h4H,2-3H2,1H3. The minimum atomic E-state index is 1.15. The van der Waals surface area contributed by atoms with Crippen LogP contribution in [0.5, 0.6) is 0 Å². The van der Waals surface area contributed by atoms with Crippen molar-refractivity contribution in [2.24, 2.45) is 0 Å². The van der Waals surface area contributed by atoms with Crippen molar-refractivity contribution < 1.29 is 0 Å². The van der Waals surface area contributed by atoms with Crippen molar-refractivity contribution in [2.45, 2.75) is 13.3 Å². The summed E-state index contributed by atoms with van der Waals surface area (Å²) in [6.45, 7) is 2.13. The van der Waals surface area contributed by atoms with E-state index in [1.54, 1.807) is 0 Å². The van der Waals surface area contributed by atoms with Crippen LogP contribution in [-0.2, 0) is 10.7 Å². The summed E-state index contributed by atoms with van der Waals surface area (Å²) in [5, 5.41) is 0. The molecular weight excluding hydrogens is 113 g/mol. The van der Waals surface area contributed by atoms with Gasteiger partial charge in [-0.3, -0.25) is 0 Å². The second-order valence-corrected chi connectivity index (χ2v) is 3.15. The van der Waals surface area contributed by atoms with Gasteiger partial charge >= 0.3 is 0 Å². The molecular formula is C3H8NPS. The molecule has 0 aromatic carbocycles. The topological polar surface area (TPSA) is 23.9 Å². The van der Waals surface area contributed by atoms with Gasteiger partial charge in [-0.15, -0.1) is 0 Å². The van der Waals surface area contributed by atoms with Crippen LogP contribution in [0.25, 0.3) is 0 Å². The van der Waals surface area contributed by atoms with Crippen LogP contribution in [0.4, 0.5) is 0 Å². The summed E-state index contributed by atoms with van der Waals surface area (Å²) >= 11 is 0. The molecule has 36 valence electrons. The van der Waals surface area contributed by atoms with Crippen LogP contribution in [0.1, 0.15) is 13.3 Å². The normalized spacial score (nSPS) is 8.83. The minimum absolute atomic E-state index is 1.15. The predicted molar refractivity (Wildman–Crippen MR) is 32.2 cm³/mol. The fourth-order valence-corrected chi connectivity index (χ4v) is 1.23. The van der Waals surface area contributed by atoms with E-state index in [-0.39, 0.29) is 0 Å². The first-order valence-electron chi connectivity index (χ1n) is 1.91. The lowest BCUT2D eigenvalue weighted by molar-refractivity contribution is 1.11. The van der Waals surface area contributed by atoms with E-state index < -0.39 is 0 Å². The molecule has 0 radical (unpaired) electrons. The van der Waals surface area contributed by atoms with Gasteiger partial charge in [-0.05, 0) is 24.5 Å². The zero-order valence-electron chi connectivity index (χ0n) is 3.77. The molecule has 0 fully saturated rings. The van der Waals surface area contributed by atoms with Crippen molar-refractivity contribution in [3.8, 4) is 0 Å². The van der Waals surface area contributed by atoms with Crippen LogP contribution in [0.3, 0.4) is 0 Å². The maximum Gasteiger partial charge on any atom is 0.000238 e. The first kappa shape index (κ1) is 6.32. The van der Waals surface area contributed by atoms with Crippen molar-refractivity contribution in [3.05, 3.63) is 0 Å². The van der Waals surface area contributed by atoms with Gasteiger partial charge in [0.05, 0.1) is 0 Å². The molecule has 1 nitrogen and oxygen atoms in total. The molecule has 3 heteroatoms. The molecule has 0 atom stereocenters. The molecule has 0 rings (SSSR count). The summed E-state index contributed by atoms with van der Waals surface area (Å²) in [6.07, 6.45) is 2.36. The maximum absolute atomic E-state index is 6.61. The van der Waals surface area contributed by atoms with Gasteiger partial charge in [0.1, 0.15) is 0 Å². The Labute approximate surface area is 43.1 Å². The highest BCUT2D eigenvalue weighted by molar-refractivity contribution is 8.01. The molecule has 0 aliphatic heterocycles. The molecule has 1 N–H and O–H groups in total. The minimum Gasteiger partial charge on any atom is -0.242 e. The fourth-order valence-electron chi connectivity index (χ4n) is 0.137. The van der Waals surface area contributed by atoms with Crippen LogP contribution in [-0.4, -0.2) is 6.16 Å². The van der Waals surface area contributed by atoms with E-state index in [4.69, 9.17) is 4.78 Å². The van der Waals surface area contributed by atoms with Gasteiger partial charge in [-0.1, -0.05) is 6.92 Å². The Hall–Kier alpha value is 0.320. The molecule has 0 bridgehead atoms. The van der Waals surface area contributed by atoms with Gasteiger partial charge in [-0.2, -0.15) is 0 Å².